The quantitative estimate of drug-likeness (QED) is 0.794. The maximum absolute atomic E-state index is 13.0. The van der Waals surface area contributed by atoms with E-state index >= 15 is 0 Å². The Labute approximate surface area is 165 Å². The number of hydrogen-bond acceptors (Lipinski definition) is 5. The van der Waals surface area contributed by atoms with E-state index in [1.165, 1.54) is 5.69 Å². The van der Waals surface area contributed by atoms with E-state index in [0.717, 1.165) is 36.4 Å². The van der Waals surface area contributed by atoms with E-state index in [-0.39, 0.29) is 24.2 Å². The molecule has 1 aromatic heterocycles. The molecule has 2 heterocycles. The Bertz CT molecular complexity index is 886. The number of nitrogens with zero attached hydrogens (tertiary/aromatic N) is 3. The number of aromatic nitrogens is 2. The van der Waals surface area contributed by atoms with Gasteiger partial charge < -0.3 is 14.8 Å². The van der Waals surface area contributed by atoms with Crippen LogP contribution in [0.1, 0.15) is 35.8 Å². The number of amides is 1. The fraction of sp³-hybridized carbons (Fsp3) is 0.524. The van der Waals surface area contributed by atoms with Gasteiger partial charge in [0.25, 0.3) is 0 Å². The number of rotatable bonds is 7. The Hall–Kier alpha value is -2.54. The topological polar surface area (TPSA) is 68.6 Å². The highest BCUT2D eigenvalue weighted by atomic mass is 16.7. The van der Waals surface area contributed by atoms with E-state index in [0.29, 0.717) is 12.3 Å². The second kappa shape index (κ2) is 7.13. The zero-order chi connectivity index (χ0) is 19.9. The molecule has 1 amide bonds. The second-order valence-electron chi connectivity index (χ2n) is 8.28. The molecular weight excluding hydrogens is 356 g/mol. The van der Waals surface area contributed by atoms with Crippen molar-refractivity contribution in [2.24, 2.45) is 5.41 Å². The Balaban J connectivity index is 1.43. The molecular formula is C21H28N4O3. The van der Waals surface area contributed by atoms with Crippen molar-refractivity contribution in [1.82, 2.24) is 20.0 Å². The summed E-state index contributed by atoms with van der Waals surface area (Å²) in [5, 5.41) is 7.76. The molecule has 150 valence electrons. The van der Waals surface area contributed by atoms with Crippen LogP contribution in [-0.4, -0.2) is 48.0 Å². The minimum Gasteiger partial charge on any atom is -0.454 e. The van der Waals surface area contributed by atoms with Crippen molar-refractivity contribution in [2.45, 2.75) is 39.3 Å². The molecule has 7 heteroatoms. The number of benzene rings is 1. The summed E-state index contributed by atoms with van der Waals surface area (Å²) in [4.78, 5) is 15.0. The second-order valence-corrected chi connectivity index (χ2v) is 8.28. The molecule has 0 saturated heterocycles. The zero-order valence-electron chi connectivity index (χ0n) is 17.0. The van der Waals surface area contributed by atoms with Crippen molar-refractivity contribution in [3.63, 3.8) is 0 Å². The monoisotopic (exact) mass is 384 g/mol. The molecule has 1 atom stereocenters. The maximum Gasteiger partial charge on any atom is 0.241 e. The summed E-state index contributed by atoms with van der Waals surface area (Å²) in [6, 6.07) is 7.41. The third-order valence-electron chi connectivity index (χ3n) is 5.66. The minimum atomic E-state index is -0.376. The summed E-state index contributed by atoms with van der Waals surface area (Å²) in [5.74, 6) is 1.42. The van der Waals surface area contributed by atoms with Crippen LogP contribution in [0, 0.1) is 19.3 Å². The van der Waals surface area contributed by atoms with Crippen LogP contribution >= 0.6 is 0 Å². The van der Waals surface area contributed by atoms with Gasteiger partial charge in [-0.2, -0.15) is 5.10 Å². The smallest absolute Gasteiger partial charge is 0.241 e. The van der Waals surface area contributed by atoms with E-state index in [1.54, 1.807) is 0 Å². The molecule has 1 unspecified atom stereocenters. The van der Waals surface area contributed by atoms with Gasteiger partial charge in [0, 0.05) is 24.2 Å². The number of nitrogens with one attached hydrogen (secondary N) is 1. The summed E-state index contributed by atoms with van der Waals surface area (Å²) >= 11 is 0. The third kappa shape index (κ3) is 3.71. The van der Waals surface area contributed by atoms with Gasteiger partial charge in [-0.05, 0) is 64.5 Å². The zero-order valence-corrected chi connectivity index (χ0v) is 17.0. The van der Waals surface area contributed by atoms with Crippen LogP contribution in [-0.2, 0) is 11.3 Å². The average molecular weight is 384 g/mol. The molecule has 0 bridgehead atoms. The van der Waals surface area contributed by atoms with E-state index in [4.69, 9.17) is 9.47 Å². The van der Waals surface area contributed by atoms with Crippen LogP contribution in [0.2, 0.25) is 0 Å². The number of hydrogen-bond donors (Lipinski definition) is 1. The van der Waals surface area contributed by atoms with E-state index in [1.807, 2.05) is 44.1 Å². The molecule has 0 spiro atoms. The molecule has 28 heavy (non-hydrogen) atoms. The van der Waals surface area contributed by atoms with Gasteiger partial charge in [-0.3, -0.25) is 14.4 Å². The number of likely N-dealkylation sites (N-methyl/N-ethyl adjacent to an activating group) is 1. The Kier molecular flexibility index (Phi) is 4.79. The van der Waals surface area contributed by atoms with Crippen molar-refractivity contribution >= 4 is 5.91 Å². The fourth-order valence-corrected chi connectivity index (χ4v) is 3.86. The Morgan fingerprint density at radius 2 is 2.00 bits per heavy atom. The summed E-state index contributed by atoms with van der Waals surface area (Å²) in [5.41, 5.74) is 3.22. The van der Waals surface area contributed by atoms with Gasteiger partial charge in [-0.1, -0.05) is 6.07 Å². The fourth-order valence-electron chi connectivity index (χ4n) is 3.86. The molecule has 1 fully saturated rings. The van der Waals surface area contributed by atoms with Crippen LogP contribution in [0.25, 0.3) is 0 Å². The minimum absolute atomic E-state index is 0.00325. The molecule has 7 nitrogen and oxygen atoms in total. The highest BCUT2D eigenvalue weighted by molar-refractivity contribution is 5.83. The van der Waals surface area contributed by atoms with E-state index in [9.17, 15) is 4.79 Å². The van der Waals surface area contributed by atoms with Crippen LogP contribution in [0.15, 0.2) is 24.3 Å². The number of fused-ring (bicyclic) bond motifs is 1. The van der Waals surface area contributed by atoms with Gasteiger partial charge in [0.1, 0.15) is 6.04 Å². The SMILES string of the molecule is Cc1cc(C)n(CC2(CNC(=O)C(c3ccc4c(c3)OCO4)N(C)C)CC2)n1. The van der Waals surface area contributed by atoms with Gasteiger partial charge in [-0.15, -0.1) is 0 Å². The Morgan fingerprint density at radius 1 is 1.25 bits per heavy atom. The van der Waals surface area contributed by atoms with Crippen LogP contribution < -0.4 is 14.8 Å². The highest BCUT2D eigenvalue weighted by Crippen LogP contribution is 2.46. The van der Waals surface area contributed by atoms with Crippen molar-refractivity contribution < 1.29 is 14.3 Å². The molecule has 1 aromatic carbocycles. The standard InChI is InChI=1S/C21H28N4O3/c1-14-9-15(2)25(23-14)12-21(7-8-21)11-22-20(26)19(24(3)4)16-5-6-17-18(10-16)28-13-27-17/h5-6,9-10,19H,7-8,11-13H2,1-4H3,(H,22,26). The lowest BCUT2D eigenvalue weighted by Crippen LogP contribution is -2.40. The normalized spacial score (nSPS) is 17.6. The average Bonchev–Trinajstić information content (AvgIpc) is 3.10. The predicted molar refractivity (Wildman–Crippen MR) is 105 cm³/mol. The van der Waals surface area contributed by atoms with Crippen LogP contribution in [0.4, 0.5) is 0 Å². The predicted octanol–water partition coefficient (Wildman–Crippen LogP) is 2.43. The lowest BCUT2D eigenvalue weighted by Gasteiger charge is -2.25. The van der Waals surface area contributed by atoms with Gasteiger partial charge in [0.2, 0.25) is 12.7 Å². The number of ether oxygens (including phenoxy) is 2. The van der Waals surface area contributed by atoms with Crippen LogP contribution in [0.5, 0.6) is 11.5 Å². The molecule has 1 aliphatic heterocycles. The van der Waals surface area contributed by atoms with Crippen molar-refractivity contribution in [3.05, 3.63) is 41.2 Å². The molecule has 1 aliphatic carbocycles. The van der Waals surface area contributed by atoms with E-state index < -0.39 is 0 Å². The lowest BCUT2D eigenvalue weighted by molar-refractivity contribution is -0.126. The maximum atomic E-state index is 13.0. The molecule has 0 radical (unpaired) electrons. The largest absolute Gasteiger partial charge is 0.454 e. The molecule has 2 aliphatic rings. The summed E-state index contributed by atoms with van der Waals surface area (Å²) in [7, 11) is 3.83. The number of carbonyl (C=O) groups is 1. The molecule has 4 rings (SSSR count). The lowest BCUT2D eigenvalue weighted by atomic mass is 10.0. The number of carbonyl (C=O) groups excluding carboxylic acids is 1. The summed E-state index contributed by atoms with van der Waals surface area (Å²) in [6.45, 7) is 5.84. The van der Waals surface area contributed by atoms with Crippen LogP contribution in [0.3, 0.4) is 0 Å². The van der Waals surface area contributed by atoms with Gasteiger partial charge in [-0.25, -0.2) is 0 Å². The third-order valence-corrected chi connectivity index (χ3v) is 5.66. The van der Waals surface area contributed by atoms with Crippen molar-refractivity contribution in [1.29, 1.82) is 0 Å². The van der Waals surface area contributed by atoms with Gasteiger partial charge in [0.05, 0.1) is 5.69 Å². The summed E-state index contributed by atoms with van der Waals surface area (Å²) < 4.78 is 12.9. The Morgan fingerprint density at radius 3 is 2.64 bits per heavy atom. The highest BCUT2D eigenvalue weighted by Gasteiger charge is 2.44. The number of aryl methyl sites for hydroxylation is 2. The first-order valence-electron chi connectivity index (χ1n) is 9.72. The molecule has 1 N–H and O–H groups in total. The van der Waals surface area contributed by atoms with Gasteiger partial charge >= 0.3 is 0 Å². The first-order chi connectivity index (χ1) is 13.4. The van der Waals surface area contributed by atoms with Gasteiger partial charge in [0.15, 0.2) is 11.5 Å². The molecule has 2 aromatic rings. The first-order valence-corrected chi connectivity index (χ1v) is 9.72. The summed E-state index contributed by atoms with van der Waals surface area (Å²) in [6.07, 6.45) is 2.23. The molecule has 1 saturated carbocycles. The van der Waals surface area contributed by atoms with Crippen molar-refractivity contribution in [3.8, 4) is 11.5 Å². The van der Waals surface area contributed by atoms with Crippen molar-refractivity contribution in [2.75, 3.05) is 27.4 Å². The van der Waals surface area contributed by atoms with E-state index in [2.05, 4.69) is 28.1 Å². The first kappa shape index (κ1) is 18.8.